The Balaban J connectivity index is 2.76. The molecule has 56 valence electrons. The van der Waals surface area contributed by atoms with Gasteiger partial charge in [-0.25, -0.2) is 0 Å². The molecule has 0 unspecified atom stereocenters. The highest BCUT2D eigenvalue weighted by molar-refractivity contribution is 5.33. The van der Waals surface area contributed by atoms with E-state index in [0.717, 1.165) is 11.1 Å². The number of methoxy groups -OCH3 is 1. The minimum atomic E-state index is 0.644. The molecule has 0 saturated carbocycles. The van der Waals surface area contributed by atoms with Gasteiger partial charge < -0.3 is 4.74 Å². The topological polar surface area (TPSA) is 9.23 Å². The van der Waals surface area contributed by atoms with Crippen molar-refractivity contribution in [1.82, 2.24) is 0 Å². The molecule has 0 N–H and O–H groups in total. The van der Waals surface area contributed by atoms with Crippen molar-refractivity contribution in [2.24, 2.45) is 0 Å². The lowest BCUT2D eigenvalue weighted by Gasteiger charge is -1.97. The maximum absolute atomic E-state index is 5.19. The maximum Gasteiger partial charge on any atom is 0.0713 e. The summed E-state index contributed by atoms with van der Waals surface area (Å²) in [4.78, 5) is 0. The summed E-state index contributed by atoms with van der Waals surface area (Å²) in [6, 6.07) is 7.76. The van der Waals surface area contributed by atoms with Crippen molar-refractivity contribution >= 4 is 0 Å². The van der Waals surface area contributed by atoms with Crippen LogP contribution in [0.15, 0.2) is 24.3 Å². The third-order valence-electron chi connectivity index (χ3n) is 1.43. The van der Waals surface area contributed by atoms with Crippen LogP contribution in [0.5, 0.6) is 0 Å². The lowest BCUT2D eigenvalue weighted by Crippen LogP contribution is -1.86. The van der Waals surface area contributed by atoms with Crippen LogP contribution in [0.3, 0.4) is 0 Å². The standard InChI is InChI=1S/C10H10O/c1-3-9-4-6-10(7-5-9)8-11-2/h1,4-7H,8H2,2H3. The minimum absolute atomic E-state index is 0.644. The largest absolute Gasteiger partial charge is 0.380 e. The van der Waals surface area contributed by atoms with E-state index in [9.17, 15) is 0 Å². The summed E-state index contributed by atoms with van der Waals surface area (Å²) in [5, 5.41) is 0. The summed E-state index contributed by atoms with van der Waals surface area (Å²) in [6.45, 7) is 0.644. The first-order valence-corrected chi connectivity index (χ1v) is 3.41. The number of ether oxygens (including phenoxy) is 1. The van der Waals surface area contributed by atoms with E-state index in [0.29, 0.717) is 6.61 Å². The number of benzene rings is 1. The highest BCUT2D eigenvalue weighted by Gasteiger charge is 1.89. The van der Waals surface area contributed by atoms with Crippen LogP contribution in [-0.4, -0.2) is 7.11 Å². The Morgan fingerprint density at radius 1 is 1.36 bits per heavy atom. The van der Waals surface area contributed by atoms with Gasteiger partial charge in [-0.15, -0.1) is 6.42 Å². The average Bonchev–Trinajstić information content (AvgIpc) is 2.07. The lowest BCUT2D eigenvalue weighted by molar-refractivity contribution is 0.185. The Hall–Kier alpha value is -1.26. The van der Waals surface area contributed by atoms with Crippen molar-refractivity contribution < 1.29 is 4.74 Å². The van der Waals surface area contributed by atoms with E-state index in [1.807, 2.05) is 24.3 Å². The van der Waals surface area contributed by atoms with Gasteiger partial charge in [0.05, 0.1) is 6.61 Å². The third-order valence-corrected chi connectivity index (χ3v) is 1.43. The molecule has 1 heteroatoms. The fourth-order valence-electron chi connectivity index (χ4n) is 0.864. The monoisotopic (exact) mass is 146 g/mol. The zero-order valence-electron chi connectivity index (χ0n) is 6.50. The zero-order chi connectivity index (χ0) is 8.10. The van der Waals surface area contributed by atoms with Gasteiger partial charge in [-0.1, -0.05) is 18.1 Å². The molecule has 0 spiro atoms. The molecule has 0 aliphatic rings. The molecule has 0 amide bonds. The Labute approximate surface area is 67.0 Å². The first kappa shape index (κ1) is 7.84. The quantitative estimate of drug-likeness (QED) is 0.578. The van der Waals surface area contributed by atoms with Crippen LogP contribution in [0.25, 0.3) is 0 Å². The van der Waals surface area contributed by atoms with E-state index in [4.69, 9.17) is 11.2 Å². The van der Waals surface area contributed by atoms with E-state index in [2.05, 4.69) is 5.92 Å². The fourth-order valence-corrected chi connectivity index (χ4v) is 0.864. The molecule has 1 nitrogen and oxygen atoms in total. The molecule has 0 aliphatic heterocycles. The van der Waals surface area contributed by atoms with Crippen molar-refractivity contribution in [1.29, 1.82) is 0 Å². The summed E-state index contributed by atoms with van der Waals surface area (Å²) >= 11 is 0. The first-order chi connectivity index (χ1) is 5.36. The fraction of sp³-hybridized carbons (Fsp3) is 0.200. The normalized spacial score (nSPS) is 9.09. The molecule has 1 rings (SSSR count). The summed E-state index contributed by atoms with van der Waals surface area (Å²) < 4.78 is 4.95. The van der Waals surface area contributed by atoms with Crippen LogP contribution in [0.4, 0.5) is 0 Å². The van der Waals surface area contributed by atoms with E-state index in [-0.39, 0.29) is 0 Å². The van der Waals surface area contributed by atoms with Crippen LogP contribution in [0, 0.1) is 12.3 Å². The van der Waals surface area contributed by atoms with Gasteiger partial charge in [-0.05, 0) is 17.7 Å². The van der Waals surface area contributed by atoms with Crippen LogP contribution in [0.1, 0.15) is 11.1 Å². The molecule has 0 bridgehead atoms. The van der Waals surface area contributed by atoms with Gasteiger partial charge in [0.1, 0.15) is 0 Å². The lowest BCUT2D eigenvalue weighted by atomic mass is 10.1. The highest BCUT2D eigenvalue weighted by Crippen LogP contribution is 2.03. The molecular weight excluding hydrogens is 136 g/mol. The van der Waals surface area contributed by atoms with Crippen molar-refractivity contribution in [3.05, 3.63) is 35.4 Å². The Morgan fingerprint density at radius 2 is 2.00 bits per heavy atom. The smallest absolute Gasteiger partial charge is 0.0713 e. The van der Waals surface area contributed by atoms with E-state index in [1.165, 1.54) is 0 Å². The number of terminal acetylenes is 1. The molecular formula is C10H10O. The van der Waals surface area contributed by atoms with Crippen molar-refractivity contribution in [3.8, 4) is 12.3 Å². The van der Waals surface area contributed by atoms with Crippen LogP contribution < -0.4 is 0 Å². The predicted molar refractivity (Wildman–Crippen MR) is 45.1 cm³/mol. The zero-order valence-corrected chi connectivity index (χ0v) is 6.50. The summed E-state index contributed by atoms with van der Waals surface area (Å²) in [5.41, 5.74) is 2.05. The molecule has 0 atom stereocenters. The molecule has 1 aromatic rings. The van der Waals surface area contributed by atoms with Gasteiger partial charge in [-0.2, -0.15) is 0 Å². The molecule has 11 heavy (non-hydrogen) atoms. The average molecular weight is 146 g/mol. The predicted octanol–water partition coefficient (Wildman–Crippen LogP) is 1.81. The second kappa shape index (κ2) is 3.80. The van der Waals surface area contributed by atoms with Crippen LogP contribution >= 0.6 is 0 Å². The summed E-state index contributed by atoms with van der Waals surface area (Å²) in [7, 11) is 1.68. The second-order valence-corrected chi connectivity index (χ2v) is 2.27. The highest BCUT2D eigenvalue weighted by atomic mass is 16.5. The number of hydrogen-bond acceptors (Lipinski definition) is 1. The first-order valence-electron chi connectivity index (χ1n) is 3.41. The molecule has 0 radical (unpaired) electrons. The second-order valence-electron chi connectivity index (χ2n) is 2.27. The molecule has 0 aromatic heterocycles. The molecule has 0 saturated heterocycles. The summed E-state index contributed by atoms with van der Waals surface area (Å²) in [6.07, 6.45) is 5.19. The Morgan fingerprint density at radius 3 is 2.45 bits per heavy atom. The minimum Gasteiger partial charge on any atom is -0.380 e. The van der Waals surface area contributed by atoms with Crippen LogP contribution in [-0.2, 0) is 11.3 Å². The Kier molecular flexibility index (Phi) is 2.71. The van der Waals surface area contributed by atoms with E-state index in [1.54, 1.807) is 7.11 Å². The van der Waals surface area contributed by atoms with Crippen LogP contribution in [0.2, 0.25) is 0 Å². The van der Waals surface area contributed by atoms with E-state index >= 15 is 0 Å². The number of hydrogen-bond donors (Lipinski definition) is 0. The van der Waals surface area contributed by atoms with Crippen molar-refractivity contribution in [3.63, 3.8) is 0 Å². The molecule has 1 aromatic carbocycles. The Bertz CT molecular complexity index is 253. The summed E-state index contributed by atoms with van der Waals surface area (Å²) in [5.74, 6) is 2.56. The van der Waals surface area contributed by atoms with E-state index < -0.39 is 0 Å². The van der Waals surface area contributed by atoms with Gasteiger partial charge in [0.25, 0.3) is 0 Å². The van der Waals surface area contributed by atoms with Crippen molar-refractivity contribution in [2.45, 2.75) is 6.61 Å². The van der Waals surface area contributed by atoms with Crippen molar-refractivity contribution in [2.75, 3.05) is 7.11 Å². The van der Waals surface area contributed by atoms with Gasteiger partial charge in [-0.3, -0.25) is 0 Å². The molecule has 0 heterocycles. The molecule has 0 fully saturated rings. The molecule has 0 aliphatic carbocycles. The maximum atomic E-state index is 5.19. The van der Waals surface area contributed by atoms with Gasteiger partial charge in [0, 0.05) is 12.7 Å². The third kappa shape index (κ3) is 2.10. The van der Waals surface area contributed by atoms with Gasteiger partial charge in [0.15, 0.2) is 0 Å². The van der Waals surface area contributed by atoms with Gasteiger partial charge in [0.2, 0.25) is 0 Å². The van der Waals surface area contributed by atoms with Gasteiger partial charge >= 0.3 is 0 Å². The number of rotatable bonds is 2. The SMILES string of the molecule is C#Cc1ccc(COC)cc1.